The van der Waals surface area contributed by atoms with E-state index in [1.165, 1.54) is 19.4 Å². The summed E-state index contributed by atoms with van der Waals surface area (Å²) in [6.07, 6.45) is 3.04. The number of carbonyl (C=O) groups excluding carboxylic acids is 2. The van der Waals surface area contributed by atoms with E-state index in [0.29, 0.717) is 17.4 Å². The molecule has 128 valence electrons. The Labute approximate surface area is 139 Å². The van der Waals surface area contributed by atoms with Gasteiger partial charge in [-0.1, -0.05) is 25.5 Å². The van der Waals surface area contributed by atoms with Crippen molar-refractivity contribution < 1.29 is 19.1 Å². The highest BCUT2D eigenvalue weighted by Crippen LogP contribution is 2.29. The van der Waals surface area contributed by atoms with E-state index in [9.17, 15) is 9.59 Å². The maximum Gasteiger partial charge on any atom is 0.303 e. The van der Waals surface area contributed by atoms with Crippen molar-refractivity contribution in [2.75, 3.05) is 5.75 Å². The van der Waals surface area contributed by atoms with Gasteiger partial charge in [0.15, 0.2) is 6.10 Å². The van der Waals surface area contributed by atoms with Gasteiger partial charge in [0.1, 0.15) is 5.60 Å². The van der Waals surface area contributed by atoms with Crippen molar-refractivity contribution in [3.8, 4) is 0 Å². The number of allylic oxidation sites excluding steroid dienone is 2. The topological polar surface area (TPSA) is 52.6 Å². The normalized spacial score (nSPS) is 14.9. The second-order valence-electron chi connectivity index (χ2n) is 6.21. The lowest BCUT2D eigenvalue weighted by Crippen LogP contribution is -2.47. The van der Waals surface area contributed by atoms with Crippen molar-refractivity contribution in [1.82, 2.24) is 0 Å². The van der Waals surface area contributed by atoms with Crippen LogP contribution in [-0.4, -0.2) is 34.6 Å². The SMILES string of the molecule is CC(=O)O[C@@H](CSC(C)C)[C@](C)(CCC=C(C)C)OC(C)=O. The van der Waals surface area contributed by atoms with Crippen LogP contribution < -0.4 is 0 Å². The van der Waals surface area contributed by atoms with E-state index in [2.05, 4.69) is 19.9 Å². The molecule has 0 unspecified atom stereocenters. The van der Waals surface area contributed by atoms with Crippen LogP contribution in [0.15, 0.2) is 11.6 Å². The van der Waals surface area contributed by atoms with E-state index in [1.54, 1.807) is 11.8 Å². The van der Waals surface area contributed by atoms with Crippen LogP contribution in [0.4, 0.5) is 0 Å². The lowest BCUT2D eigenvalue weighted by atomic mass is 9.93. The fourth-order valence-corrected chi connectivity index (χ4v) is 3.05. The van der Waals surface area contributed by atoms with Crippen molar-refractivity contribution >= 4 is 23.7 Å². The molecule has 0 N–H and O–H groups in total. The van der Waals surface area contributed by atoms with Crippen LogP contribution in [-0.2, 0) is 19.1 Å². The summed E-state index contributed by atoms with van der Waals surface area (Å²) in [4.78, 5) is 22.9. The van der Waals surface area contributed by atoms with E-state index in [4.69, 9.17) is 9.47 Å². The highest BCUT2D eigenvalue weighted by Gasteiger charge is 2.39. The van der Waals surface area contributed by atoms with Gasteiger partial charge in [0, 0.05) is 19.6 Å². The molecule has 22 heavy (non-hydrogen) atoms. The van der Waals surface area contributed by atoms with E-state index < -0.39 is 11.7 Å². The van der Waals surface area contributed by atoms with Gasteiger partial charge < -0.3 is 9.47 Å². The number of thioether (sulfide) groups is 1. The first kappa shape index (κ1) is 21.0. The lowest BCUT2D eigenvalue weighted by molar-refractivity contribution is -0.179. The summed E-state index contributed by atoms with van der Waals surface area (Å²) in [5.41, 5.74) is 0.400. The van der Waals surface area contributed by atoms with Gasteiger partial charge in [-0.25, -0.2) is 0 Å². The molecule has 0 aliphatic carbocycles. The molecule has 0 aliphatic rings. The summed E-state index contributed by atoms with van der Waals surface area (Å²) in [6.45, 7) is 12.9. The van der Waals surface area contributed by atoms with Crippen molar-refractivity contribution in [1.29, 1.82) is 0 Å². The summed E-state index contributed by atoms with van der Waals surface area (Å²) in [7, 11) is 0. The zero-order valence-electron chi connectivity index (χ0n) is 14.9. The van der Waals surface area contributed by atoms with Crippen LogP contribution in [0.1, 0.15) is 61.3 Å². The lowest BCUT2D eigenvalue weighted by Gasteiger charge is -2.36. The Morgan fingerprint density at radius 3 is 2.14 bits per heavy atom. The van der Waals surface area contributed by atoms with Crippen molar-refractivity contribution in [3.05, 3.63) is 11.6 Å². The van der Waals surface area contributed by atoms with Gasteiger partial charge in [-0.05, 0) is 38.9 Å². The van der Waals surface area contributed by atoms with Crippen molar-refractivity contribution in [3.63, 3.8) is 0 Å². The van der Waals surface area contributed by atoms with Crippen LogP contribution in [0.3, 0.4) is 0 Å². The second-order valence-corrected chi connectivity index (χ2v) is 7.82. The molecule has 0 saturated heterocycles. The molecule has 0 radical (unpaired) electrons. The Bertz CT molecular complexity index is 399. The van der Waals surface area contributed by atoms with Crippen molar-refractivity contribution in [2.24, 2.45) is 0 Å². The minimum Gasteiger partial charge on any atom is -0.457 e. The predicted molar refractivity (Wildman–Crippen MR) is 92.0 cm³/mol. The summed E-state index contributed by atoms with van der Waals surface area (Å²) in [5, 5.41) is 0.414. The van der Waals surface area contributed by atoms with E-state index in [1.807, 2.05) is 20.8 Å². The molecule has 0 rings (SSSR count). The minimum absolute atomic E-state index is 0.352. The Balaban J connectivity index is 5.18. The first-order valence-electron chi connectivity index (χ1n) is 7.68. The average Bonchev–Trinajstić information content (AvgIpc) is 2.32. The van der Waals surface area contributed by atoms with Gasteiger partial charge in [-0.3, -0.25) is 9.59 Å². The molecule has 0 spiro atoms. The summed E-state index contributed by atoms with van der Waals surface area (Å²) >= 11 is 1.69. The first-order chi connectivity index (χ1) is 10.1. The third kappa shape index (κ3) is 9.13. The third-order valence-corrected chi connectivity index (χ3v) is 4.30. The summed E-state index contributed by atoms with van der Waals surface area (Å²) in [6, 6.07) is 0. The Hall–Kier alpha value is -0.970. The molecule has 0 aromatic rings. The second kappa shape index (κ2) is 9.93. The number of hydrogen-bond donors (Lipinski definition) is 0. The molecule has 0 bridgehead atoms. The molecule has 5 heteroatoms. The highest BCUT2D eigenvalue weighted by molar-refractivity contribution is 7.99. The van der Waals surface area contributed by atoms with Crippen LogP contribution in [0.25, 0.3) is 0 Å². The van der Waals surface area contributed by atoms with Gasteiger partial charge in [0.25, 0.3) is 0 Å². The predicted octanol–water partition coefficient (Wildman–Crippen LogP) is 4.13. The van der Waals surface area contributed by atoms with Gasteiger partial charge >= 0.3 is 11.9 Å². The number of rotatable bonds is 9. The van der Waals surface area contributed by atoms with Crippen LogP contribution in [0.2, 0.25) is 0 Å². The van der Waals surface area contributed by atoms with E-state index in [-0.39, 0.29) is 11.9 Å². The number of ether oxygens (including phenoxy) is 2. The minimum atomic E-state index is -0.814. The van der Waals surface area contributed by atoms with E-state index >= 15 is 0 Å². The molecule has 4 nitrogen and oxygen atoms in total. The molecule has 2 atom stereocenters. The quantitative estimate of drug-likeness (QED) is 0.470. The van der Waals surface area contributed by atoms with Gasteiger partial charge in [-0.2, -0.15) is 11.8 Å². The molecule has 0 saturated carbocycles. The zero-order chi connectivity index (χ0) is 17.3. The van der Waals surface area contributed by atoms with Gasteiger partial charge in [0.2, 0.25) is 0 Å². The molecular weight excluding hydrogens is 300 g/mol. The fraction of sp³-hybridized carbons (Fsp3) is 0.765. The number of carbonyl (C=O) groups is 2. The maximum atomic E-state index is 11.5. The van der Waals surface area contributed by atoms with Crippen LogP contribution in [0.5, 0.6) is 0 Å². The molecule has 0 aliphatic heterocycles. The average molecular weight is 330 g/mol. The monoisotopic (exact) mass is 330 g/mol. The Kier molecular flexibility index (Phi) is 9.49. The van der Waals surface area contributed by atoms with Gasteiger partial charge in [-0.15, -0.1) is 0 Å². The Morgan fingerprint density at radius 1 is 1.14 bits per heavy atom. The molecule has 0 fully saturated rings. The maximum absolute atomic E-state index is 11.5. The fourth-order valence-electron chi connectivity index (χ4n) is 2.07. The Morgan fingerprint density at radius 2 is 1.73 bits per heavy atom. The highest BCUT2D eigenvalue weighted by atomic mass is 32.2. The molecular formula is C17H30O4S. The number of hydrogen-bond acceptors (Lipinski definition) is 5. The molecule has 0 aromatic carbocycles. The summed E-state index contributed by atoms with van der Waals surface area (Å²) < 4.78 is 11.0. The van der Waals surface area contributed by atoms with Crippen LogP contribution in [0, 0.1) is 0 Å². The molecule has 0 amide bonds. The number of esters is 2. The van der Waals surface area contributed by atoms with E-state index in [0.717, 1.165) is 6.42 Å². The largest absolute Gasteiger partial charge is 0.457 e. The summed E-state index contributed by atoms with van der Waals surface area (Å²) in [5.74, 6) is -0.100. The van der Waals surface area contributed by atoms with Crippen LogP contribution >= 0.6 is 11.8 Å². The van der Waals surface area contributed by atoms with Gasteiger partial charge in [0.05, 0.1) is 0 Å². The molecule has 0 aromatic heterocycles. The third-order valence-electron chi connectivity index (χ3n) is 3.14. The van der Waals surface area contributed by atoms with Crippen molar-refractivity contribution in [2.45, 2.75) is 78.3 Å². The standard InChI is InChI=1S/C17H30O4S/c1-12(2)9-8-10-17(7,21-15(6)19)16(20-14(5)18)11-22-13(3)4/h9,13,16H,8,10-11H2,1-7H3/t16-,17-/m0/s1. The smallest absolute Gasteiger partial charge is 0.303 e. The molecule has 0 heterocycles. The first-order valence-corrected chi connectivity index (χ1v) is 8.73. The zero-order valence-corrected chi connectivity index (χ0v) is 15.7.